The van der Waals surface area contributed by atoms with Crippen molar-refractivity contribution in [2.45, 2.75) is 46.0 Å². The van der Waals surface area contributed by atoms with Crippen molar-refractivity contribution in [2.75, 3.05) is 11.5 Å². The molecule has 1 aliphatic carbocycles. The summed E-state index contributed by atoms with van der Waals surface area (Å²) in [5.41, 5.74) is 12.8. The quantitative estimate of drug-likeness (QED) is 0.653. The average Bonchev–Trinajstić information content (AvgIpc) is 2.23. The van der Waals surface area contributed by atoms with E-state index in [9.17, 15) is 0 Å². The molecule has 0 bridgehead atoms. The SMILES string of the molecule is CC1(C)CCCCC1.Nc1ccccc1N. The molecule has 1 aromatic carbocycles. The van der Waals surface area contributed by atoms with Crippen LogP contribution in [0.25, 0.3) is 0 Å². The van der Waals surface area contributed by atoms with E-state index in [-0.39, 0.29) is 0 Å². The minimum absolute atomic E-state index is 0.646. The molecule has 2 nitrogen and oxygen atoms in total. The molecule has 4 N–H and O–H groups in total. The Balaban J connectivity index is 0.000000160. The van der Waals surface area contributed by atoms with Gasteiger partial charge < -0.3 is 11.5 Å². The van der Waals surface area contributed by atoms with Gasteiger partial charge in [0.25, 0.3) is 0 Å². The third kappa shape index (κ3) is 4.56. The Morgan fingerprint density at radius 1 is 0.875 bits per heavy atom. The maximum absolute atomic E-state index is 5.39. The predicted molar refractivity (Wildman–Crippen MR) is 72.1 cm³/mol. The summed E-state index contributed by atoms with van der Waals surface area (Å²) >= 11 is 0. The van der Waals surface area contributed by atoms with Crippen molar-refractivity contribution in [3.63, 3.8) is 0 Å². The van der Waals surface area contributed by atoms with Crippen LogP contribution in [-0.4, -0.2) is 0 Å². The van der Waals surface area contributed by atoms with Crippen LogP contribution in [-0.2, 0) is 0 Å². The van der Waals surface area contributed by atoms with E-state index in [1.54, 1.807) is 12.1 Å². The van der Waals surface area contributed by atoms with Crippen molar-refractivity contribution in [1.29, 1.82) is 0 Å². The molecule has 0 spiro atoms. The molecule has 16 heavy (non-hydrogen) atoms. The number of hydrogen-bond acceptors (Lipinski definition) is 2. The topological polar surface area (TPSA) is 52.0 Å². The van der Waals surface area contributed by atoms with Gasteiger partial charge in [-0.1, -0.05) is 45.2 Å². The highest BCUT2D eigenvalue weighted by Gasteiger charge is 2.19. The molecule has 0 atom stereocenters. The highest BCUT2D eigenvalue weighted by atomic mass is 14.7. The number of nitrogen functional groups attached to an aromatic ring is 2. The van der Waals surface area contributed by atoms with Crippen molar-refractivity contribution in [2.24, 2.45) is 5.41 Å². The molecule has 1 aromatic rings. The molecule has 0 radical (unpaired) electrons. The summed E-state index contributed by atoms with van der Waals surface area (Å²) in [4.78, 5) is 0. The first-order valence-electron chi connectivity index (χ1n) is 6.11. The molecule has 1 saturated carbocycles. The van der Waals surface area contributed by atoms with E-state index in [0.29, 0.717) is 16.8 Å². The molecule has 0 unspecified atom stereocenters. The minimum Gasteiger partial charge on any atom is -0.397 e. The maximum Gasteiger partial charge on any atom is 0.0547 e. The van der Waals surface area contributed by atoms with Gasteiger partial charge in [0.15, 0.2) is 0 Å². The van der Waals surface area contributed by atoms with E-state index in [0.717, 1.165) is 0 Å². The Bertz CT molecular complexity index is 289. The molecule has 0 aliphatic heterocycles. The summed E-state index contributed by atoms with van der Waals surface area (Å²) in [6, 6.07) is 7.25. The third-order valence-electron chi connectivity index (χ3n) is 3.20. The van der Waals surface area contributed by atoms with E-state index >= 15 is 0 Å². The van der Waals surface area contributed by atoms with Gasteiger partial charge in [-0.2, -0.15) is 0 Å². The lowest BCUT2D eigenvalue weighted by Gasteiger charge is -2.28. The summed E-state index contributed by atoms with van der Waals surface area (Å²) in [6.45, 7) is 4.76. The van der Waals surface area contributed by atoms with Crippen LogP contribution in [0.2, 0.25) is 0 Å². The van der Waals surface area contributed by atoms with Crippen LogP contribution in [0.3, 0.4) is 0 Å². The van der Waals surface area contributed by atoms with Gasteiger partial charge >= 0.3 is 0 Å². The van der Waals surface area contributed by atoms with Gasteiger partial charge in [0.05, 0.1) is 11.4 Å². The van der Waals surface area contributed by atoms with Crippen LogP contribution in [0.5, 0.6) is 0 Å². The molecule has 2 rings (SSSR count). The van der Waals surface area contributed by atoms with Crippen LogP contribution < -0.4 is 11.5 Å². The van der Waals surface area contributed by atoms with Crippen molar-refractivity contribution < 1.29 is 0 Å². The Morgan fingerprint density at radius 3 is 1.56 bits per heavy atom. The molecular formula is C14H24N2. The van der Waals surface area contributed by atoms with Crippen LogP contribution in [0, 0.1) is 5.41 Å². The molecule has 0 saturated heterocycles. The third-order valence-corrected chi connectivity index (χ3v) is 3.20. The maximum atomic E-state index is 5.39. The van der Waals surface area contributed by atoms with Gasteiger partial charge in [0, 0.05) is 0 Å². The monoisotopic (exact) mass is 220 g/mol. The molecule has 90 valence electrons. The fourth-order valence-corrected chi connectivity index (χ4v) is 2.02. The summed E-state index contributed by atoms with van der Waals surface area (Å²) in [5.74, 6) is 0. The van der Waals surface area contributed by atoms with E-state index in [1.165, 1.54) is 32.1 Å². The summed E-state index contributed by atoms with van der Waals surface area (Å²) in [6.07, 6.45) is 7.31. The lowest BCUT2D eigenvalue weighted by atomic mass is 9.78. The normalized spacial score (nSPS) is 18.4. The van der Waals surface area contributed by atoms with E-state index in [2.05, 4.69) is 13.8 Å². The zero-order chi connectivity index (χ0) is 12.0. The zero-order valence-electron chi connectivity index (χ0n) is 10.5. The first kappa shape index (κ1) is 12.9. The summed E-state index contributed by atoms with van der Waals surface area (Å²) in [5, 5.41) is 0. The van der Waals surface area contributed by atoms with Crippen molar-refractivity contribution in [3.05, 3.63) is 24.3 Å². The van der Waals surface area contributed by atoms with E-state index < -0.39 is 0 Å². The molecule has 0 heterocycles. The van der Waals surface area contributed by atoms with Crippen LogP contribution in [0.15, 0.2) is 24.3 Å². The van der Waals surface area contributed by atoms with Gasteiger partial charge in [0.2, 0.25) is 0 Å². The molecule has 0 aromatic heterocycles. The second-order valence-electron chi connectivity index (χ2n) is 5.35. The molecular weight excluding hydrogens is 196 g/mol. The number of hydrogen-bond donors (Lipinski definition) is 2. The standard InChI is InChI=1S/C8H16.C6H8N2/c1-8(2)6-4-3-5-7-8;7-5-3-1-2-4-6(5)8/h3-7H2,1-2H3;1-4H,7-8H2. The zero-order valence-corrected chi connectivity index (χ0v) is 10.5. The van der Waals surface area contributed by atoms with Gasteiger partial charge in [-0.25, -0.2) is 0 Å². The average molecular weight is 220 g/mol. The lowest BCUT2D eigenvalue weighted by molar-refractivity contribution is 0.244. The second kappa shape index (κ2) is 5.78. The molecule has 1 aliphatic rings. The fourth-order valence-electron chi connectivity index (χ4n) is 2.02. The smallest absolute Gasteiger partial charge is 0.0547 e. The molecule has 1 fully saturated rings. The second-order valence-corrected chi connectivity index (χ2v) is 5.35. The first-order chi connectivity index (χ1) is 7.51. The van der Waals surface area contributed by atoms with Crippen molar-refractivity contribution >= 4 is 11.4 Å². The fraction of sp³-hybridized carbons (Fsp3) is 0.571. The van der Waals surface area contributed by atoms with Gasteiger partial charge in [0.1, 0.15) is 0 Å². The molecule has 2 heteroatoms. The first-order valence-corrected chi connectivity index (χ1v) is 6.11. The van der Waals surface area contributed by atoms with Crippen LogP contribution in [0.4, 0.5) is 11.4 Å². The van der Waals surface area contributed by atoms with Crippen LogP contribution >= 0.6 is 0 Å². The number of para-hydroxylation sites is 2. The highest BCUT2D eigenvalue weighted by molar-refractivity contribution is 5.62. The lowest BCUT2D eigenvalue weighted by Crippen LogP contribution is -2.14. The molecule has 0 amide bonds. The number of nitrogens with two attached hydrogens (primary N) is 2. The number of rotatable bonds is 0. The van der Waals surface area contributed by atoms with E-state index in [1.807, 2.05) is 12.1 Å². The Labute approximate surface area is 99.0 Å². The Kier molecular flexibility index (Phi) is 4.66. The highest BCUT2D eigenvalue weighted by Crippen LogP contribution is 2.34. The van der Waals surface area contributed by atoms with Gasteiger partial charge in [-0.05, 0) is 30.4 Å². The van der Waals surface area contributed by atoms with Gasteiger partial charge in [-0.3, -0.25) is 0 Å². The summed E-state index contributed by atoms with van der Waals surface area (Å²) in [7, 11) is 0. The Morgan fingerprint density at radius 2 is 1.31 bits per heavy atom. The largest absolute Gasteiger partial charge is 0.397 e. The van der Waals surface area contributed by atoms with Crippen LogP contribution in [0.1, 0.15) is 46.0 Å². The number of anilines is 2. The summed E-state index contributed by atoms with van der Waals surface area (Å²) < 4.78 is 0. The van der Waals surface area contributed by atoms with E-state index in [4.69, 9.17) is 11.5 Å². The van der Waals surface area contributed by atoms with Crippen molar-refractivity contribution in [3.8, 4) is 0 Å². The van der Waals surface area contributed by atoms with Gasteiger partial charge in [-0.15, -0.1) is 0 Å². The Hall–Kier alpha value is -1.18. The number of benzene rings is 1. The minimum atomic E-state index is 0.646. The van der Waals surface area contributed by atoms with Crippen molar-refractivity contribution in [1.82, 2.24) is 0 Å². The predicted octanol–water partition coefficient (Wildman–Crippen LogP) is 3.83.